The highest BCUT2D eigenvalue weighted by Gasteiger charge is 2.45. The van der Waals surface area contributed by atoms with Gasteiger partial charge in [0.25, 0.3) is 0 Å². The molecule has 0 fully saturated rings. The highest BCUT2D eigenvalue weighted by molar-refractivity contribution is 5.85. The molecule has 0 bridgehead atoms. The van der Waals surface area contributed by atoms with Gasteiger partial charge >= 0.3 is 11.9 Å². The Hall–Kier alpha value is -1.88. The number of benzene rings is 1. The number of carbonyl (C=O) groups is 1. The molecule has 5 heteroatoms. The zero-order valence-corrected chi connectivity index (χ0v) is 12.0. The van der Waals surface area contributed by atoms with Gasteiger partial charge in [0.1, 0.15) is 6.54 Å². The van der Waals surface area contributed by atoms with Crippen molar-refractivity contribution in [2.75, 3.05) is 20.8 Å². The molecule has 1 aromatic carbocycles. The third-order valence-corrected chi connectivity index (χ3v) is 3.43. The fourth-order valence-corrected chi connectivity index (χ4v) is 2.28. The lowest BCUT2D eigenvalue weighted by molar-refractivity contribution is -0.489. The second kappa shape index (κ2) is 6.05. The highest BCUT2D eigenvalue weighted by Crippen LogP contribution is 2.24. The van der Waals surface area contributed by atoms with E-state index in [0.717, 1.165) is 5.56 Å². The molecule has 0 aromatic heterocycles. The molecule has 0 saturated carbocycles. The normalized spacial score (nSPS) is 23.4. The molecule has 2 atom stereocenters. The second-order valence-electron chi connectivity index (χ2n) is 4.89. The van der Waals surface area contributed by atoms with E-state index in [1.165, 1.54) is 7.11 Å². The number of methoxy groups -OCH3 is 2. The number of hydrogen-bond acceptors (Lipinski definition) is 4. The Kier molecular flexibility index (Phi) is 4.39. The molecule has 2 rings (SSSR count). The van der Waals surface area contributed by atoms with Crippen LogP contribution in [0.25, 0.3) is 0 Å². The molecule has 0 spiro atoms. The van der Waals surface area contributed by atoms with E-state index in [0.29, 0.717) is 18.9 Å². The van der Waals surface area contributed by atoms with Crippen LogP contribution in [0.3, 0.4) is 0 Å². The molecule has 0 aliphatic carbocycles. The summed E-state index contributed by atoms with van der Waals surface area (Å²) in [7, 11) is 2.98. The van der Waals surface area contributed by atoms with Gasteiger partial charge in [-0.05, 0) is 12.5 Å². The zero-order chi connectivity index (χ0) is 14.6. The van der Waals surface area contributed by atoms with Gasteiger partial charge in [0.15, 0.2) is 0 Å². The number of ether oxygens (including phenoxy) is 3. The highest BCUT2D eigenvalue weighted by atomic mass is 16.6. The van der Waals surface area contributed by atoms with Gasteiger partial charge in [0, 0.05) is 7.11 Å². The molecule has 108 valence electrons. The van der Waals surface area contributed by atoms with E-state index in [1.807, 2.05) is 30.3 Å². The van der Waals surface area contributed by atoms with E-state index < -0.39 is 5.60 Å². The van der Waals surface area contributed by atoms with E-state index >= 15 is 0 Å². The Morgan fingerprint density at radius 1 is 1.35 bits per heavy atom. The van der Waals surface area contributed by atoms with Crippen LogP contribution in [-0.2, 0) is 19.0 Å². The smallest absolute Gasteiger partial charge is 0.370 e. The molecule has 1 unspecified atom stereocenters. The quantitative estimate of drug-likeness (QED) is 0.800. The summed E-state index contributed by atoms with van der Waals surface area (Å²) in [6.07, 6.45) is 0.189. The predicted molar refractivity (Wildman–Crippen MR) is 73.2 cm³/mol. The molecule has 20 heavy (non-hydrogen) atoms. The van der Waals surface area contributed by atoms with Crippen LogP contribution in [0.4, 0.5) is 0 Å². The molecule has 1 aromatic rings. The maximum atomic E-state index is 11.9. The van der Waals surface area contributed by atoms with Gasteiger partial charge < -0.3 is 14.2 Å². The summed E-state index contributed by atoms with van der Waals surface area (Å²) in [5.41, 5.74) is -0.00688. The minimum absolute atomic E-state index is 0.361. The third-order valence-electron chi connectivity index (χ3n) is 3.43. The summed E-state index contributed by atoms with van der Waals surface area (Å²) in [4.78, 5) is 15.0. The predicted octanol–water partition coefficient (Wildman–Crippen LogP) is 0.205. The fourth-order valence-electron chi connectivity index (χ4n) is 2.28. The average molecular weight is 278 g/mol. The van der Waals surface area contributed by atoms with Crippen molar-refractivity contribution in [3.63, 3.8) is 0 Å². The van der Waals surface area contributed by atoms with E-state index in [9.17, 15) is 4.79 Å². The van der Waals surface area contributed by atoms with Crippen LogP contribution < -0.4 is 4.99 Å². The Bertz CT molecular complexity index is 500. The lowest BCUT2D eigenvalue weighted by Gasteiger charge is -2.29. The zero-order valence-electron chi connectivity index (χ0n) is 12.0. The van der Waals surface area contributed by atoms with E-state index in [2.05, 4.69) is 4.99 Å². The van der Waals surface area contributed by atoms with Gasteiger partial charge in [-0.1, -0.05) is 30.3 Å². The first-order valence-corrected chi connectivity index (χ1v) is 6.56. The Labute approximate surface area is 118 Å². The lowest BCUT2D eigenvalue weighted by atomic mass is 10.00. The Morgan fingerprint density at radius 2 is 2.05 bits per heavy atom. The summed E-state index contributed by atoms with van der Waals surface area (Å²) in [6, 6.07) is 9.72. The first-order chi connectivity index (χ1) is 9.60. The summed E-state index contributed by atoms with van der Waals surface area (Å²) in [5.74, 6) is 0.164. The van der Waals surface area contributed by atoms with Crippen molar-refractivity contribution >= 4 is 11.9 Å². The minimum Gasteiger partial charge on any atom is -0.466 e. The molecule has 5 nitrogen and oxygen atoms in total. The van der Waals surface area contributed by atoms with Crippen molar-refractivity contribution in [2.24, 2.45) is 0 Å². The van der Waals surface area contributed by atoms with E-state index in [4.69, 9.17) is 14.2 Å². The van der Waals surface area contributed by atoms with Crippen LogP contribution in [0.2, 0.25) is 0 Å². The van der Waals surface area contributed by atoms with Crippen molar-refractivity contribution < 1.29 is 24.0 Å². The number of esters is 1. The maximum Gasteiger partial charge on any atom is 0.370 e. The largest absolute Gasteiger partial charge is 0.466 e. The molecular weight excluding hydrogens is 258 g/mol. The summed E-state index contributed by atoms with van der Waals surface area (Å²) < 4.78 is 16.2. The number of rotatable bonds is 4. The van der Waals surface area contributed by atoms with Crippen molar-refractivity contribution in [1.82, 2.24) is 0 Å². The Morgan fingerprint density at radius 3 is 2.65 bits per heavy atom. The summed E-state index contributed by atoms with van der Waals surface area (Å²) >= 11 is 0. The lowest BCUT2D eigenvalue weighted by Crippen LogP contribution is -2.80. The second-order valence-corrected chi connectivity index (χ2v) is 4.89. The molecule has 1 aliphatic rings. The van der Waals surface area contributed by atoms with Crippen molar-refractivity contribution in [1.29, 1.82) is 0 Å². The number of carbonyl (C=O) groups excluding carboxylic acids is 1. The monoisotopic (exact) mass is 278 g/mol. The van der Waals surface area contributed by atoms with Crippen molar-refractivity contribution in [3.8, 4) is 0 Å². The van der Waals surface area contributed by atoms with Gasteiger partial charge in [-0.3, -0.25) is 0 Å². The first-order valence-electron chi connectivity index (χ1n) is 6.56. The van der Waals surface area contributed by atoms with Gasteiger partial charge in [0.05, 0.1) is 13.5 Å². The molecule has 0 saturated heterocycles. The summed E-state index contributed by atoms with van der Waals surface area (Å²) in [6.45, 7) is 2.37. The van der Waals surface area contributed by atoms with Crippen LogP contribution in [0.5, 0.6) is 0 Å². The Balaban J connectivity index is 2.23. The molecule has 0 amide bonds. The van der Waals surface area contributed by atoms with Gasteiger partial charge in [-0.25, -0.2) is 9.79 Å². The van der Waals surface area contributed by atoms with Crippen LogP contribution >= 0.6 is 0 Å². The van der Waals surface area contributed by atoms with Crippen LogP contribution in [0, 0.1) is 0 Å². The van der Waals surface area contributed by atoms with Crippen LogP contribution in [0.1, 0.15) is 25.0 Å². The maximum absolute atomic E-state index is 11.9. The molecular formula is C15H20NO4+. The topological polar surface area (TPSA) is 58.7 Å². The number of nitrogens with one attached hydrogen (secondary N) is 1. The van der Waals surface area contributed by atoms with Crippen molar-refractivity contribution in [3.05, 3.63) is 35.9 Å². The van der Waals surface area contributed by atoms with Gasteiger partial charge in [-0.15, -0.1) is 0 Å². The van der Waals surface area contributed by atoms with Crippen LogP contribution in [-0.4, -0.2) is 38.2 Å². The van der Waals surface area contributed by atoms with E-state index in [-0.39, 0.29) is 12.1 Å². The molecule has 1 N–H and O–H groups in total. The molecule has 1 heterocycles. The molecule has 1 aliphatic heterocycles. The first kappa shape index (κ1) is 14.5. The standard InChI is InChI=1S/C15H19NO4/c1-15(14(17)19-3)9-10-16-13(20-15)12(18-2)11-7-5-4-6-8-11/h4-8,12H,9-10H2,1-3H3/p+1/t12?,15-/m1/s1. The minimum atomic E-state index is -0.971. The van der Waals surface area contributed by atoms with Gasteiger partial charge in [0.2, 0.25) is 11.7 Å². The fraction of sp³-hybridized carbons (Fsp3) is 0.467. The summed E-state index contributed by atoms with van der Waals surface area (Å²) in [5, 5.41) is 0. The van der Waals surface area contributed by atoms with Gasteiger partial charge in [-0.2, -0.15) is 0 Å². The van der Waals surface area contributed by atoms with E-state index in [1.54, 1.807) is 14.0 Å². The number of hydrogen-bond donors (Lipinski definition) is 1. The SMILES string of the molecule is COC(=O)[C@@]1(C)CC[NH+]=C(C(OC)c2ccccc2)O1. The third kappa shape index (κ3) is 2.82. The van der Waals surface area contributed by atoms with Crippen LogP contribution in [0.15, 0.2) is 30.3 Å². The molecule has 0 radical (unpaired) electrons. The average Bonchev–Trinajstić information content (AvgIpc) is 2.48. The van der Waals surface area contributed by atoms with Crippen molar-refractivity contribution in [2.45, 2.75) is 25.0 Å².